The standard InChI is InChI=1S/C21H44NO2/c1-5-8-9-10-11-12-13-14-15-16-19-24-21(23)20-22(4,17-6-2)18-7-3/h5-20H2,1-4H3/q+1. The van der Waals surface area contributed by atoms with Crippen LogP contribution in [0.2, 0.25) is 0 Å². The van der Waals surface area contributed by atoms with Crippen LogP contribution in [-0.4, -0.2) is 43.7 Å². The Hall–Kier alpha value is -0.570. The molecule has 24 heavy (non-hydrogen) atoms. The van der Waals surface area contributed by atoms with Gasteiger partial charge in [-0.1, -0.05) is 78.6 Å². The van der Waals surface area contributed by atoms with Crippen LogP contribution in [0.3, 0.4) is 0 Å². The minimum atomic E-state index is -0.0182. The van der Waals surface area contributed by atoms with Crippen molar-refractivity contribution in [2.45, 2.75) is 97.8 Å². The molecule has 0 aliphatic rings. The number of carbonyl (C=O) groups is 1. The largest absolute Gasteiger partial charge is 0.462 e. The molecule has 0 saturated carbocycles. The number of hydrogen-bond donors (Lipinski definition) is 0. The fourth-order valence-corrected chi connectivity index (χ4v) is 3.48. The highest BCUT2D eigenvalue weighted by atomic mass is 16.5. The van der Waals surface area contributed by atoms with Crippen LogP contribution in [0.1, 0.15) is 97.8 Å². The monoisotopic (exact) mass is 342 g/mol. The number of rotatable bonds is 17. The summed E-state index contributed by atoms with van der Waals surface area (Å²) in [5.41, 5.74) is 0. The van der Waals surface area contributed by atoms with Crippen molar-refractivity contribution in [2.75, 3.05) is 33.3 Å². The Labute approximate surface area is 151 Å². The molecule has 0 bridgehead atoms. The van der Waals surface area contributed by atoms with Crippen molar-refractivity contribution in [1.29, 1.82) is 0 Å². The van der Waals surface area contributed by atoms with E-state index >= 15 is 0 Å². The second-order valence-corrected chi connectivity index (χ2v) is 7.63. The second kappa shape index (κ2) is 15.9. The van der Waals surface area contributed by atoms with Gasteiger partial charge in [0.15, 0.2) is 6.54 Å². The SMILES string of the molecule is CCCCCCCCCCCCOC(=O)C[N+](C)(CCC)CCC. The predicted molar refractivity (Wildman–Crippen MR) is 104 cm³/mol. The summed E-state index contributed by atoms with van der Waals surface area (Å²) in [6.07, 6.45) is 15.3. The fourth-order valence-electron chi connectivity index (χ4n) is 3.48. The molecule has 0 aromatic heterocycles. The second-order valence-electron chi connectivity index (χ2n) is 7.63. The van der Waals surface area contributed by atoms with Gasteiger partial charge in [0.2, 0.25) is 0 Å². The van der Waals surface area contributed by atoms with E-state index in [0.717, 1.165) is 36.8 Å². The molecule has 0 amide bonds. The van der Waals surface area contributed by atoms with Crippen LogP contribution in [0.4, 0.5) is 0 Å². The van der Waals surface area contributed by atoms with Crippen LogP contribution in [-0.2, 0) is 9.53 Å². The average molecular weight is 343 g/mol. The van der Waals surface area contributed by atoms with E-state index in [1.165, 1.54) is 57.8 Å². The van der Waals surface area contributed by atoms with Gasteiger partial charge in [-0.25, -0.2) is 4.79 Å². The quantitative estimate of drug-likeness (QED) is 0.192. The number of likely N-dealkylation sites (N-methyl/N-ethyl adjacent to an activating group) is 1. The van der Waals surface area contributed by atoms with E-state index in [9.17, 15) is 4.79 Å². The van der Waals surface area contributed by atoms with E-state index in [-0.39, 0.29) is 5.97 Å². The number of carbonyl (C=O) groups excluding carboxylic acids is 1. The van der Waals surface area contributed by atoms with Crippen molar-refractivity contribution >= 4 is 5.97 Å². The van der Waals surface area contributed by atoms with Crippen molar-refractivity contribution in [1.82, 2.24) is 0 Å². The van der Waals surface area contributed by atoms with Gasteiger partial charge in [0, 0.05) is 0 Å². The maximum absolute atomic E-state index is 12.0. The zero-order valence-electron chi connectivity index (χ0n) is 17.1. The third-order valence-corrected chi connectivity index (χ3v) is 4.80. The number of esters is 1. The predicted octanol–water partition coefficient (Wildman–Crippen LogP) is 5.72. The third-order valence-electron chi connectivity index (χ3n) is 4.80. The van der Waals surface area contributed by atoms with E-state index in [1.54, 1.807) is 0 Å². The van der Waals surface area contributed by atoms with Crippen molar-refractivity contribution in [3.05, 3.63) is 0 Å². The van der Waals surface area contributed by atoms with Crippen LogP contribution in [0.25, 0.3) is 0 Å². The molecule has 3 heteroatoms. The van der Waals surface area contributed by atoms with E-state index in [0.29, 0.717) is 13.2 Å². The lowest BCUT2D eigenvalue weighted by atomic mass is 10.1. The molecular weight excluding hydrogens is 298 g/mol. The first kappa shape index (κ1) is 23.4. The van der Waals surface area contributed by atoms with Crippen molar-refractivity contribution in [3.63, 3.8) is 0 Å². The summed E-state index contributed by atoms with van der Waals surface area (Å²) in [5.74, 6) is -0.0182. The Morgan fingerprint density at radius 1 is 0.708 bits per heavy atom. The molecule has 3 nitrogen and oxygen atoms in total. The van der Waals surface area contributed by atoms with Gasteiger partial charge in [-0.2, -0.15) is 0 Å². The molecular formula is C21H44NO2+. The highest BCUT2D eigenvalue weighted by Gasteiger charge is 2.24. The molecule has 0 fully saturated rings. The normalized spacial score (nSPS) is 11.7. The zero-order valence-corrected chi connectivity index (χ0v) is 17.1. The van der Waals surface area contributed by atoms with E-state index in [4.69, 9.17) is 4.74 Å². The molecule has 0 N–H and O–H groups in total. The maximum atomic E-state index is 12.0. The summed E-state index contributed by atoms with van der Waals surface area (Å²) < 4.78 is 6.27. The van der Waals surface area contributed by atoms with Gasteiger partial charge in [0.25, 0.3) is 0 Å². The zero-order chi connectivity index (χ0) is 18.1. The molecule has 0 spiro atoms. The van der Waals surface area contributed by atoms with Gasteiger partial charge in [0.05, 0.1) is 26.7 Å². The number of hydrogen-bond acceptors (Lipinski definition) is 2. The molecule has 0 aromatic rings. The van der Waals surface area contributed by atoms with Crippen molar-refractivity contribution in [3.8, 4) is 0 Å². The van der Waals surface area contributed by atoms with Crippen LogP contribution < -0.4 is 0 Å². The summed E-state index contributed by atoms with van der Waals surface area (Å²) in [6.45, 7) is 9.87. The molecule has 0 rings (SSSR count). The molecule has 0 heterocycles. The molecule has 0 aliphatic carbocycles. The lowest BCUT2D eigenvalue weighted by Crippen LogP contribution is -2.49. The minimum Gasteiger partial charge on any atom is -0.462 e. The molecule has 0 unspecified atom stereocenters. The molecule has 0 saturated heterocycles. The van der Waals surface area contributed by atoms with Gasteiger partial charge < -0.3 is 9.22 Å². The van der Waals surface area contributed by atoms with E-state index in [1.807, 2.05) is 0 Å². The number of nitrogens with zero attached hydrogens (tertiary/aromatic N) is 1. The first-order chi connectivity index (χ1) is 11.6. The number of unbranched alkanes of at least 4 members (excludes halogenated alkanes) is 9. The Bertz CT molecular complexity index is 286. The number of quaternary nitrogens is 1. The maximum Gasteiger partial charge on any atom is 0.361 e. The third kappa shape index (κ3) is 13.8. The number of ether oxygens (including phenoxy) is 1. The van der Waals surface area contributed by atoms with Gasteiger partial charge in [0.1, 0.15) is 0 Å². The molecule has 0 aliphatic heterocycles. The van der Waals surface area contributed by atoms with Crippen LogP contribution >= 0.6 is 0 Å². The Morgan fingerprint density at radius 2 is 1.17 bits per heavy atom. The average Bonchev–Trinajstić information content (AvgIpc) is 2.52. The lowest BCUT2D eigenvalue weighted by Gasteiger charge is -2.32. The summed E-state index contributed by atoms with van der Waals surface area (Å²) >= 11 is 0. The van der Waals surface area contributed by atoms with Gasteiger partial charge in [-0.3, -0.25) is 0 Å². The molecule has 144 valence electrons. The highest BCUT2D eigenvalue weighted by Crippen LogP contribution is 2.11. The highest BCUT2D eigenvalue weighted by molar-refractivity contribution is 5.70. The Morgan fingerprint density at radius 3 is 1.62 bits per heavy atom. The van der Waals surface area contributed by atoms with Gasteiger partial charge >= 0.3 is 5.97 Å². The van der Waals surface area contributed by atoms with Crippen molar-refractivity contribution < 1.29 is 14.0 Å². The molecule has 0 atom stereocenters. The van der Waals surface area contributed by atoms with E-state index < -0.39 is 0 Å². The molecule has 0 radical (unpaired) electrons. The fraction of sp³-hybridized carbons (Fsp3) is 0.952. The summed E-state index contributed by atoms with van der Waals surface area (Å²) in [7, 11) is 2.18. The lowest BCUT2D eigenvalue weighted by molar-refractivity contribution is -0.902. The molecule has 0 aromatic carbocycles. The Kier molecular flexibility index (Phi) is 15.6. The van der Waals surface area contributed by atoms with Crippen molar-refractivity contribution in [2.24, 2.45) is 0 Å². The topological polar surface area (TPSA) is 26.3 Å². The Balaban J connectivity index is 3.54. The van der Waals surface area contributed by atoms with E-state index in [2.05, 4.69) is 27.8 Å². The summed E-state index contributed by atoms with van der Waals surface area (Å²) in [5, 5.41) is 0. The smallest absolute Gasteiger partial charge is 0.361 e. The van der Waals surface area contributed by atoms with Gasteiger partial charge in [-0.05, 0) is 19.3 Å². The van der Waals surface area contributed by atoms with Crippen LogP contribution in [0, 0.1) is 0 Å². The first-order valence-electron chi connectivity index (χ1n) is 10.6. The summed E-state index contributed by atoms with van der Waals surface area (Å²) in [6, 6.07) is 0. The first-order valence-corrected chi connectivity index (χ1v) is 10.6. The van der Waals surface area contributed by atoms with Crippen LogP contribution in [0.15, 0.2) is 0 Å². The van der Waals surface area contributed by atoms with Crippen LogP contribution in [0.5, 0.6) is 0 Å². The summed E-state index contributed by atoms with van der Waals surface area (Å²) in [4.78, 5) is 12.0. The van der Waals surface area contributed by atoms with Gasteiger partial charge in [-0.15, -0.1) is 0 Å². The minimum absolute atomic E-state index is 0.0182.